The van der Waals surface area contributed by atoms with Crippen LogP contribution in [-0.4, -0.2) is 4.98 Å². The lowest BCUT2D eigenvalue weighted by Gasteiger charge is -2.06. The summed E-state index contributed by atoms with van der Waals surface area (Å²) in [6.45, 7) is 4.57. The Labute approximate surface area is 90.6 Å². The number of thiazole rings is 1. The van der Waals surface area contributed by atoms with Crippen LogP contribution in [0.2, 0.25) is 0 Å². The van der Waals surface area contributed by atoms with E-state index < -0.39 is 0 Å². The van der Waals surface area contributed by atoms with Crippen LogP contribution in [0.15, 0.2) is 0 Å². The summed E-state index contributed by atoms with van der Waals surface area (Å²) >= 11 is 1.97. The van der Waals surface area contributed by atoms with E-state index in [1.807, 2.05) is 11.3 Å². The van der Waals surface area contributed by atoms with Crippen molar-refractivity contribution in [3.05, 3.63) is 15.6 Å². The summed E-state index contributed by atoms with van der Waals surface area (Å²) < 4.78 is 0. The normalized spacial score (nSPS) is 17.9. The average Bonchev–Trinajstić information content (AvgIpc) is 2.61. The number of aryl methyl sites for hydroxylation is 2. The second kappa shape index (κ2) is 4.43. The Kier molecular flexibility index (Phi) is 3.22. The molecular weight excluding hydrogens is 190 g/mol. The lowest BCUT2D eigenvalue weighted by molar-refractivity contribution is 0.647. The van der Waals surface area contributed by atoms with Gasteiger partial charge in [0.2, 0.25) is 0 Å². The van der Waals surface area contributed by atoms with Gasteiger partial charge in [-0.1, -0.05) is 20.3 Å². The molecule has 0 aliphatic heterocycles. The highest BCUT2D eigenvalue weighted by Crippen LogP contribution is 2.31. The third-order valence-electron chi connectivity index (χ3n) is 3.01. The first-order chi connectivity index (χ1) is 6.81. The van der Waals surface area contributed by atoms with Gasteiger partial charge in [0.1, 0.15) is 0 Å². The summed E-state index contributed by atoms with van der Waals surface area (Å²) in [5.41, 5.74) is 1.42. The number of hydrogen-bond acceptors (Lipinski definition) is 2. The number of hydrogen-bond donors (Lipinski definition) is 0. The second-order valence-electron chi connectivity index (χ2n) is 4.32. The van der Waals surface area contributed by atoms with E-state index in [4.69, 9.17) is 4.98 Å². The molecule has 0 saturated carbocycles. The lowest BCUT2D eigenvalue weighted by Crippen LogP contribution is -1.99. The molecule has 78 valence electrons. The SMILES string of the molecule is CCCC(C)c1nc2c(s1)CCCC2. The quantitative estimate of drug-likeness (QED) is 0.735. The zero-order chi connectivity index (χ0) is 9.97. The molecule has 1 aliphatic carbocycles. The van der Waals surface area contributed by atoms with Crippen molar-refractivity contribution < 1.29 is 0 Å². The highest BCUT2D eigenvalue weighted by Gasteiger charge is 2.17. The molecule has 1 heterocycles. The Morgan fingerprint density at radius 3 is 2.86 bits per heavy atom. The topological polar surface area (TPSA) is 12.9 Å². The molecule has 1 unspecified atom stereocenters. The molecule has 0 saturated heterocycles. The summed E-state index contributed by atoms with van der Waals surface area (Å²) in [7, 11) is 0. The van der Waals surface area contributed by atoms with Crippen molar-refractivity contribution in [2.45, 2.75) is 58.3 Å². The summed E-state index contributed by atoms with van der Waals surface area (Å²) in [5.74, 6) is 0.676. The zero-order valence-corrected chi connectivity index (χ0v) is 9.99. The Bertz CT molecular complexity index is 280. The van der Waals surface area contributed by atoms with Gasteiger partial charge in [0.15, 0.2) is 0 Å². The van der Waals surface area contributed by atoms with Crippen molar-refractivity contribution in [3.63, 3.8) is 0 Å². The molecule has 0 amide bonds. The van der Waals surface area contributed by atoms with E-state index in [0.717, 1.165) is 0 Å². The summed E-state index contributed by atoms with van der Waals surface area (Å²) in [6.07, 6.45) is 7.78. The highest BCUT2D eigenvalue weighted by atomic mass is 32.1. The maximum absolute atomic E-state index is 4.79. The molecule has 0 N–H and O–H groups in total. The van der Waals surface area contributed by atoms with Crippen LogP contribution >= 0.6 is 11.3 Å². The minimum Gasteiger partial charge on any atom is -0.246 e. The molecule has 0 radical (unpaired) electrons. The Morgan fingerprint density at radius 2 is 2.14 bits per heavy atom. The monoisotopic (exact) mass is 209 g/mol. The third kappa shape index (κ3) is 2.00. The molecule has 1 atom stereocenters. The molecule has 0 aromatic carbocycles. The van der Waals surface area contributed by atoms with Crippen LogP contribution in [0, 0.1) is 0 Å². The number of nitrogens with zero attached hydrogens (tertiary/aromatic N) is 1. The molecule has 14 heavy (non-hydrogen) atoms. The molecule has 1 aromatic heterocycles. The molecule has 2 heteroatoms. The number of fused-ring (bicyclic) bond motifs is 1. The van der Waals surface area contributed by atoms with Gasteiger partial charge in [-0.15, -0.1) is 11.3 Å². The van der Waals surface area contributed by atoms with E-state index >= 15 is 0 Å². The summed E-state index contributed by atoms with van der Waals surface area (Å²) in [6, 6.07) is 0. The van der Waals surface area contributed by atoms with Crippen LogP contribution in [0.1, 0.15) is 61.0 Å². The van der Waals surface area contributed by atoms with Crippen LogP contribution in [0.4, 0.5) is 0 Å². The molecule has 0 fully saturated rings. The van der Waals surface area contributed by atoms with Gasteiger partial charge in [0, 0.05) is 10.8 Å². The minimum absolute atomic E-state index is 0.676. The van der Waals surface area contributed by atoms with E-state index in [2.05, 4.69) is 13.8 Å². The smallest absolute Gasteiger partial charge is 0.0959 e. The van der Waals surface area contributed by atoms with Gasteiger partial charge in [0.05, 0.1) is 10.7 Å². The summed E-state index contributed by atoms with van der Waals surface area (Å²) in [5, 5.41) is 1.39. The number of aromatic nitrogens is 1. The van der Waals surface area contributed by atoms with Crippen LogP contribution in [0.5, 0.6) is 0 Å². The van der Waals surface area contributed by atoms with E-state index in [1.54, 1.807) is 4.88 Å². The van der Waals surface area contributed by atoms with Crippen LogP contribution < -0.4 is 0 Å². The van der Waals surface area contributed by atoms with Gasteiger partial charge in [-0.25, -0.2) is 4.98 Å². The second-order valence-corrected chi connectivity index (χ2v) is 5.43. The fraction of sp³-hybridized carbons (Fsp3) is 0.750. The molecular formula is C12H19NS. The van der Waals surface area contributed by atoms with E-state index in [0.29, 0.717) is 5.92 Å². The predicted octanol–water partition coefficient (Wildman–Crippen LogP) is 3.93. The first-order valence-corrected chi connectivity index (χ1v) is 6.61. The van der Waals surface area contributed by atoms with Gasteiger partial charge in [-0.05, 0) is 32.1 Å². The largest absolute Gasteiger partial charge is 0.246 e. The lowest BCUT2D eigenvalue weighted by atomic mass is 10.0. The van der Waals surface area contributed by atoms with Gasteiger partial charge in [-0.2, -0.15) is 0 Å². The molecule has 0 spiro atoms. The Morgan fingerprint density at radius 1 is 1.36 bits per heavy atom. The predicted molar refractivity (Wildman–Crippen MR) is 62.1 cm³/mol. The van der Waals surface area contributed by atoms with Crippen molar-refractivity contribution in [2.24, 2.45) is 0 Å². The Balaban J connectivity index is 2.15. The van der Waals surface area contributed by atoms with Crippen LogP contribution in [-0.2, 0) is 12.8 Å². The molecule has 2 rings (SSSR count). The maximum atomic E-state index is 4.79. The van der Waals surface area contributed by atoms with E-state index in [1.165, 1.54) is 49.2 Å². The minimum atomic E-state index is 0.676. The first kappa shape index (κ1) is 10.2. The molecule has 1 aromatic rings. The maximum Gasteiger partial charge on any atom is 0.0959 e. The van der Waals surface area contributed by atoms with Crippen molar-refractivity contribution in [3.8, 4) is 0 Å². The Hall–Kier alpha value is -0.370. The fourth-order valence-corrected chi connectivity index (χ4v) is 3.38. The highest BCUT2D eigenvalue weighted by molar-refractivity contribution is 7.11. The van der Waals surface area contributed by atoms with Gasteiger partial charge in [-0.3, -0.25) is 0 Å². The van der Waals surface area contributed by atoms with Gasteiger partial charge >= 0.3 is 0 Å². The van der Waals surface area contributed by atoms with Crippen LogP contribution in [0.3, 0.4) is 0 Å². The van der Waals surface area contributed by atoms with Crippen LogP contribution in [0.25, 0.3) is 0 Å². The third-order valence-corrected chi connectivity index (χ3v) is 4.39. The zero-order valence-electron chi connectivity index (χ0n) is 9.18. The average molecular weight is 209 g/mol. The standard InChI is InChI=1S/C12H19NS/c1-3-6-9(2)12-13-10-7-4-5-8-11(10)14-12/h9H,3-8H2,1-2H3. The van der Waals surface area contributed by atoms with E-state index in [-0.39, 0.29) is 0 Å². The first-order valence-electron chi connectivity index (χ1n) is 5.79. The summed E-state index contributed by atoms with van der Waals surface area (Å²) in [4.78, 5) is 6.37. The fourth-order valence-electron chi connectivity index (χ4n) is 2.14. The molecule has 1 aliphatic rings. The van der Waals surface area contributed by atoms with Crippen molar-refractivity contribution >= 4 is 11.3 Å². The number of rotatable bonds is 3. The van der Waals surface area contributed by atoms with Gasteiger partial charge < -0.3 is 0 Å². The van der Waals surface area contributed by atoms with Crippen molar-refractivity contribution in [1.29, 1.82) is 0 Å². The van der Waals surface area contributed by atoms with E-state index in [9.17, 15) is 0 Å². The molecule has 0 bridgehead atoms. The van der Waals surface area contributed by atoms with Gasteiger partial charge in [0.25, 0.3) is 0 Å². The van der Waals surface area contributed by atoms with Crippen molar-refractivity contribution in [2.75, 3.05) is 0 Å². The molecule has 1 nitrogen and oxygen atoms in total. The van der Waals surface area contributed by atoms with Crippen molar-refractivity contribution in [1.82, 2.24) is 4.98 Å².